The predicted octanol–water partition coefficient (Wildman–Crippen LogP) is 0.768. The van der Waals surface area contributed by atoms with Crippen molar-refractivity contribution in [3.8, 4) is 0 Å². The Hall–Kier alpha value is 0.300. The van der Waals surface area contributed by atoms with Crippen LogP contribution in [0, 0.1) is 0 Å². The van der Waals surface area contributed by atoms with E-state index in [0.717, 1.165) is 0 Å². The highest BCUT2D eigenvalue weighted by molar-refractivity contribution is 6.54. The molecule has 3 nitrogen and oxygen atoms in total. The molecule has 1 fully saturated rings. The lowest BCUT2D eigenvalue weighted by molar-refractivity contribution is -0.139. The van der Waals surface area contributed by atoms with Crippen LogP contribution >= 0.6 is 35.6 Å². The first-order valence-corrected chi connectivity index (χ1v) is 3.06. The van der Waals surface area contributed by atoms with Crippen molar-refractivity contribution < 1.29 is 9.90 Å². The van der Waals surface area contributed by atoms with E-state index in [2.05, 4.69) is 0 Å². The maximum absolute atomic E-state index is 10.2. The predicted molar refractivity (Wildman–Crippen MR) is 40.9 cm³/mol. The summed E-state index contributed by atoms with van der Waals surface area (Å²) in [5, 5.41) is 8.35. The van der Waals surface area contributed by atoms with Crippen molar-refractivity contribution in [2.45, 2.75) is 16.3 Å². The van der Waals surface area contributed by atoms with Gasteiger partial charge >= 0.3 is 5.97 Å². The number of hydrogen-bond donors (Lipinski definition) is 2. The third kappa shape index (κ3) is 1.19. The van der Waals surface area contributed by atoms with Crippen LogP contribution in [0.4, 0.5) is 0 Å². The van der Waals surface area contributed by atoms with E-state index in [4.69, 9.17) is 34.0 Å². The highest BCUT2D eigenvalue weighted by Gasteiger charge is 2.69. The molecule has 0 aromatic carbocycles. The molecule has 60 valence electrons. The molecule has 3 N–H and O–H groups in total. The zero-order chi connectivity index (χ0) is 7.28. The molecule has 0 aliphatic heterocycles. The summed E-state index contributed by atoms with van der Waals surface area (Å²) < 4.78 is -1.25. The molecule has 0 radical (unpaired) electrons. The van der Waals surface area contributed by atoms with Gasteiger partial charge in [0.25, 0.3) is 0 Å². The van der Waals surface area contributed by atoms with Gasteiger partial charge in [0.1, 0.15) is 4.33 Å². The van der Waals surface area contributed by atoms with Crippen LogP contribution in [0.15, 0.2) is 0 Å². The number of hydrogen-bond acceptors (Lipinski definition) is 2. The summed E-state index contributed by atoms with van der Waals surface area (Å²) >= 11 is 10.8. The average Bonchev–Trinajstić information content (AvgIpc) is 2.08. The van der Waals surface area contributed by atoms with E-state index in [9.17, 15) is 4.79 Å². The van der Waals surface area contributed by atoms with E-state index in [-0.39, 0.29) is 18.8 Å². The summed E-state index contributed by atoms with van der Waals surface area (Å²) in [6, 6.07) is 0. The first kappa shape index (κ1) is 10.3. The number of alkyl halides is 2. The molecule has 1 unspecified atom stereocenters. The first-order chi connectivity index (χ1) is 3.90. The van der Waals surface area contributed by atoms with Crippen LogP contribution in [-0.4, -0.2) is 20.9 Å². The number of nitrogens with two attached hydrogens (primary N) is 1. The standard InChI is InChI=1S/C4H5Cl2NO2.ClH/c5-4(6)1-3(4,7)2(8)9;/h1,7H2,(H,8,9);1H. The minimum atomic E-state index is -1.41. The number of aliphatic carboxylic acids is 1. The molecule has 1 atom stereocenters. The van der Waals surface area contributed by atoms with Crippen LogP contribution in [0.25, 0.3) is 0 Å². The van der Waals surface area contributed by atoms with Gasteiger partial charge in [-0.25, -0.2) is 0 Å². The molecule has 6 heteroatoms. The van der Waals surface area contributed by atoms with Gasteiger partial charge in [-0.2, -0.15) is 0 Å². The van der Waals surface area contributed by atoms with Crippen molar-refractivity contribution in [1.29, 1.82) is 0 Å². The fourth-order valence-electron chi connectivity index (χ4n) is 0.538. The zero-order valence-electron chi connectivity index (χ0n) is 4.80. The van der Waals surface area contributed by atoms with E-state index < -0.39 is 15.8 Å². The fraction of sp³-hybridized carbons (Fsp3) is 0.750. The Kier molecular flexibility index (Phi) is 2.48. The molecule has 0 bridgehead atoms. The number of carboxylic acid groups (broad SMARTS) is 1. The van der Waals surface area contributed by atoms with E-state index >= 15 is 0 Å². The van der Waals surface area contributed by atoms with Crippen LogP contribution < -0.4 is 5.73 Å². The Morgan fingerprint density at radius 2 is 1.90 bits per heavy atom. The minimum Gasteiger partial charge on any atom is -0.480 e. The molecule has 0 saturated heterocycles. The summed E-state index contributed by atoms with van der Waals surface area (Å²) in [4.78, 5) is 10.2. The van der Waals surface area contributed by atoms with Crippen LogP contribution in [0.2, 0.25) is 0 Å². The third-order valence-electron chi connectivity index (χ3n) is 1.41. The second kappa shape index (κ2) is 2.41. The van der Waals surface area contributed by atoms with E-state index in [1.807, 2.05) is 0 Å². The molecule has 0 aromatic heterocycles. The lowest BCUT2D eigenvalue weighted by atomic mass is 10.3. The second-order valence-electron chi connectivity index (χ2n) is 2.16. The monoisotopic (exact) mass is 205 g/mol. The van der Waals surface area contributed by atoms with Gasteiger partial charge in [0.2, 0.25) is 0 Å². The maximum Gasteiger partial charge on any atom is 0.326 e. The SMILES string of the molecule is Cl.NC1(C(=O)O)CC1(Cl)Cl. The van der Waals surface area contributed by atoms with Gasteiger partial charge < -0.3 is 10.8 Å². The van der Waals surface area contributed by atoms with E-state index in [1.54, 1.807) is 0 Å². The van der Waals surface area contributed by atoms with Crippen LogP contribution in [0.5, 0.6) is 0 Å². The zero-order valence-corrected chi connectivity index (χ0v) is 7.13. The first-order valence-electron chi connectivity index (χ1n) is 2.30. The van der Waals surface area contributed by atoms with Crippen molar-refractivity contribution in [2.24, 2.45) is 5.73 Å². The molecule has 0 aromatic rings. The van der Waals surface area contributed by atoms with Crippen LogP contribution in [0.1, 0.15) is 6.42 Å². The Labute approximate surface area is 73.9 Å². The Bertz CT molecular complexity index is 172. The average molecular weight is 206 g/mol. The third-order valence-corrected chi connectivity index (χ3v) is 2.35. The molecular formula is C4H6Cl3NO2. The van der Waals surface area contributed by atoms with E-state index in [0.29, 0.717) is 0 Å². The molecule has 1 aliphatic rings. The summed E-state index contributed by atoms with van der Waals surface area (Å²) in [7, 11) is 0. The maximum atomic E-state index is 10.2. The molecule has 1 rings (SSSR count). The molecule has 1 aliphatic carbocycles. The number of carbonyl (C=O) groups is 1. The van der Waals surface area contributed by atoms with Gasteiger partial charge in [0, 0.05) is 6.42 Å². The summed E-state index contributed by atoms with van der Waals surface area (Å²) in [5.41, 5.74) is 3.80. The molecular weight excluding hydrogens is 200 g/mol. The van der Waals surface area contributed by atoms with Gasteiger partial charge in [-0.15, -0.1) is 12.4 Å². The highest BCUT2D eigenvalue weighted by atomic mass is 35.5. The Morgan fingerprint density at radius 3 is 1.90 bits per heavy atom. The van der Waals surface area contributed by atoms with Crippen molar-refractivity contribution in [2.75, 3.05) is 0 Å². The summed E-state index contributed by atoms with van der Waals surface area (Å²) in [5.74, 6) is -1.15. The van der Waals surface area contributed by atoms with Crippen molar-refractivity contribution in [3.63, 3.8) is 0 Å². The van der Waals surface area contributed by atoms with Crippen molar-refractivity contribution >= 4 is 41.6 Å². The normalized spacial score (nSPS) is 34.3. The molecule has 0 heterocycles. The van der Waals surface area contributed by atoms with Gasteiger partial charge in [0.15, 0.2) is 5.54 Å². The van der Waals surface area contributed by atoms with Crippen molar-refractivity contribution in [3.05, 3.63) is 0 Å². The second-order valence-corrected chi connectivity index (χ2v) is 3.64. The Balaban J connectivity index is 0.000000810. The lowest BCUT2D eigenvalue weighted by Gasteiger charge is -2.03. The summed E-state index contributed by atoms with van der Waals surface area (Å²) in [6.07, 6.45) is 0.123. The molecule has 0 spiro atoms. The van der Waals surface area contributed by atoms with E-state index in [1.165, 1.54) is 0 Å². The molecule has 1 saturated carbocycles. The lowest BCUT2D eigenvalue weighted by Crippen LogP contribution is -2.38. The minimum absolute atomic E-state index is 0. The van der Waals surface area contributed by atoms with Crippen LogP contribution in [0.3, 0.4) is 0 Å². The molecule has 10 heavy (non-hydrogen) atoms. The highest BCUT2D eigenvalue weighted by Crippen LogP contribution is 2.54. The number of carboxylic acids is 1. The Morgan fingerprint density at radius 1 is 1.60 bits per heavy atom. The van der Waals surface area contributed by atoms with Gasteiger partial charge in [-0.05, 0) is 0 Å². The number of halogens is 3. The largest absolute Gasteiger partial charge is 0.480 e. The smallest absolute Gasteiger partial charge is 0.326 e. The summed E-state index contributed by atoms with van der Waals surface area (Å²) in [6.45, 7) is 0. The van der Waals surface area contributed by atoms with Crippen LogP contribution in [-0.2, 0) is 4.79 Å². The van der Waals surface area contributed by atoms with Gasteiger partial charge in [0.05, 0.1) is 0 Å². The fourth-order valence-corrected chi connectivity index (χ4v) is 1.12. The van der Waals surface area contributed by atoms with Crippen molar-refractivity contribution in [1.82, 2.24) is 0 Å². The van der Waals surface area contributed by atoms with Gasteiger partial charge in [-0.3, -0.25) is 4.79 Å². The topological polar surface area (TPSA) is 63.3 Å². The number of rotatable bonds is 1. The van der Waals surface area contributed by atoms with Gasteiger partial charge in [-0.1, -0.05) is 23.2 Å². The quantitative estimate of drug-likeness (QED) is 0.623. The molecule has 0 amide bonds.